The van der Waals surface area contributed by atoms with Crippen LogP contribution in [0.3, 0.4) is 0 Å². The minimum absolute atomic E-state index is 0.523. The molecule has 0 fully saturated rings. The Morgan fingerprint density at radius 3 is 1.51 bits per heavy atom. The molecule has 10 rings (SSSR count). The number of benzene rings is 7. The van der Waals surface area contributed by atoms with Gasteiger partial charge in [0, 0.05) is 21.9 Å². The van der Waals surface area contributed by atoms with Gasteiger partial charge >= 0.3 is 0 Å². The van der Waals surface area contributed by atoms with Gasteiger partial charge in [-0.05, 0) is 57.3 Å². The Labute approximate surface area is 306 Å². The average Bonchev–Trinajstić information content (AvgIpc) is 3.58. The molecule has 248 valence electrons. The Balaban J connectivity index is 1.20. The molecule has 0 amide bonds. The number of nitrogens with zero attached hydrogens (tertiary/aromatic N) is 5. The van der Waals surface area contributed by atoms with Crippen LogP contribution in [0, 0.1) is 0 Å². The van der Waals surface area contributed by atoms with E-state index in [0.29, 0.717) is 23.2 Å². The monoisotopic (exact) mass is 677 g/mol. The van der Waals surface area contributed by atoms with Crippen molar-refractivity contribution in [1.29, 1.82) is 0 Å². The van der Waals surface area contributed by atoms with Crippen LogP contribution in [0.1, 0.15) is 0 Å². The molecule has 0 aliphatic rings. The molecule has 0 bridgehead atoms. The Kier molecular flexibility index (Phi) is 7.40. The van der Waals surface area contributed by atoms with Crippen molar-refractivity contribution < 1.29 is 0 Å². The van der Waals surface area contributed by atoms with E-state index in [2.05, 4.69) is 120 Å². The van der Waals surface area contributed by atoms with Gasteiger partial charge in [-0.3, -0.25) is 4.98 Å². The van der Waals surface area contributed by atoms with E-state index >= 15 is 0 Å². The van der Waals surface area contributed by atoms with E-state index in [4.69, 9.17) is 19.9 Å². The lowest BCUT2D eigenvalue weighted by molar-refractivity contribution is 1.05. The van der Waals surface area contributed by atoms with Crippen LogP contribution in [0.4, 0.5) is 0 Å². The largest absolute Gasteiger partial charge is 0.308 e. The van der Waals surface area contributed by atoms with Gasteiger partial charge in [-0.15, -0.1) is 0 Å². The van der Waals surface area contributed by atoms with Crippen LogP contribution in [-0.4, -0.2) is 24.5 Å². The van der Waals surface area contributed by atoms with Crippen molar-refractivity contribution in [3.63, 3.8) is 0 Å². The molecule has 0 aliphatic carbocycles. The highest BCUT2D eigenvalue weighted by Gasteiger charge is 2.20. The summed E-state index contributed by atoms with van der Waals surface area (Å²) < 4.78 is 2.35. The molecule has 0 unspecified atom stereocenters. The second-order valence-electron chi connectivity index (χ2n) is 13.1. The van der Waals surface area contributed by atoms with E-state index in [9.17, 15) is 0 Å². The van der Waals surface area contributed by atoms with Gasteiger partial charge in [0.25, 0.3) is 0 Å². The third-order valence-electron chi connectivity index (χ3n) is 9.90. The Morgan fingerprint density at radius 1 is 0.358 bits per heavy atom. The summed E-state index contributed by atoms with van der Waals surface area (Å²) in [7, 11) is 0. The molecule has 7 aromatic carbocycles. The van der Waals surface area contributed by atoms with Gasteiger partial charge in [-0.2, -0.15) is 0 Å². The first-order valence-corrected chi connectivity index (χ1v) is 17.7. The van der Waals surface area contributed by atoms with E-state index in [1.807, 2.05) is 72.9 Å². The molecule has 3 heterocycles. The predicted octanol–water partition coefficient (Wildman–Crippen LogP) is 11.9. The minimum atomic E-state index is 0.523. The van der Waals surface area contributed by atoms with Gasteiger partial charge in [0.05, 0.1) is 22.9 Å². The summed E-state index contributed by atoms with van der Waals surface area (Å²) in [6.07, 6.45) is 1.94. The maximum Gasteiger partial charge on any atom is 0.182 e. The van der Waals surface area contributed by atoms with Crippen LogP contribution in [0.5, 0.6) is 0 Å². The molecule has 0 aliphatic heterocycles. The highest BCUT2D eigenvalue weighted by molar-refractivity contribution is 6.24. The van der Waals surface area contributed by atoms with Crippen LogP contribution in [0.2, 0.25) is 0 Å². The smallest absolute Gasteiger partial charge is 0.182 e. The second-order valence-corrected chi connectivity index (χ2v) is 13.1. The van der Waals surface area contributed by atoms with Gasteiger partial charge in [0.2, 0.25) is 0 Å². The number of rotatable bonds is 6. The lowest BCUT2D eigenvalue weighted by atomic mass is 9.94. The predicted molar refractivity (Wildman–Crippen MR) is 217 cm³/mol. The fourth-order valence-corrected chi connectivity index (χ4v) is 7.40. The molecular formula is C48H31N5. The third-order valence-corrected chi connectivity index (χ3v) is 9.90. The molecule has 0 atom stereocenters. The fourth-order valence-electron chi connectivity index (χ4n) is 7.40. The van der Waals surface area contributed by atoms with Crippen molar-refractivity contribution in [2.75, 3.05) is 0 Å². The van der Waals surface area contributed by atoms with E-state index in [1.54, 1.807) is 0 Å². The second kappa shape index (κ2) is 12.8. The highest BCUT2D eigenvalue weighted by atomic mass is 15.1. The van der Waals surface area contributed by atoms with Crippen molar-refractivity contribution in [2.45, 2.75) is 0 Å². The Bertz CT molecular complexity index is 2850. The van der Waals surface area contributed by atoms with Crippen molar-refractivity contribution >= 4 is 32.6 Å². The van der Waals surface area contributed by atoms with Gasteiger partial charge in [-0.1, -0.05) is 158 Å². The third kappa shape index (κ3) is 5.43. The summed E-state index contributed by atoms with van der Waals surface area (Å²) in [5, 5.41) is 4.86. The van der Waals surface area contributed by atoms with Crippen LogP contribution in [0.25, 0.3) is 94.8 Å². The molecule has 0 saturated heterocycles. The molecule has 10 aromatic rings. The SMILES string of the molecule is c1ccc(-c2ccc3c4c5ccccc5c(-c5ccccc5)cc4n(-c4ccc(-c5nc(-c6ccccc6)nc(-c6ccccc6)n5)nc4)c3c2)cc1. The van der Waals surface area contributed by atoms with E-state index in [0.717, 1.165) is 33.4 Å². The lowest BCUT2D eigenvalue weighted by Crippen LogP contribution is -2.02. The number of aromatic nitrogens is 5. The Morgan fingerprint density at radius 2 is 0.906 bits per heavy atom. The summed E-state index contributed by atoms with van der Waals surface area (Å²) in [5.41, 5.74) is 10.4. The summed E-state index contributed by atoms with van der Waals surface area (Å²) in [4.78, 5) is 19.8. The van der Waals surface area contributed by atoms with Gasteiger partial charge < -0.3 is 4.57 Å². The first-order valence-electron chi connectivity index (χ1n) is 17.7. The van der Waals surface area contributed by atoms with E-state index < -0.39 is 0 Å². The summed E-state index contributed by atoms with van der Waals surface area (Å²) in [6.45, 7) is 0. The van der Waals surface area contributed by atoms with Crippen molar-refractivity contribution in [2.24, 2.45) is 0 Å². The molecular weight excluding hydrogens is 647 g/mol. The number of hydrogen-bond donors (Lipinski definition) is 0. The van der Waals surface area contributed by atoms with Crippen LogP contribution >= 0.6 is 0 Å². The maximum atomic E-state index is 5.04. The standard InChI is InChI=1S/C48H31N5/c1-5-15-32(16-6-1)36-25-27-40-43(29-36)53(44-30-41(33-17-7-2-8-18-33)38-23-13-14-24-39(38)45(40)44)37-26-28-42(49-31-37)48-51-46(34-19-9-3-10-20-34)50-47(52-48)35-21-11-4-12-22-35/h1-31H. The maximum absolute atomic E-state index is 5.04. The molecule has 53 heavy (non-hydrogen) atoms. The highest BCUT2D eigenvalue weighted by Crippen LogP contribution is 2.42. The van der Waals surface area contributed by atoms with Gasteiger partial charge in [-0.25, -0.2) is 15.0 Å². The molecule has 0 spiro atoms. The van der Waals surface area contributed by atoms with Crippen molar-refractivity contribution in [1.82, 2.24) is 24.5 Å². The zero-order valence-corrected chi connectivity index (χ0v) is 28.6. The topological polar surface area (TPSA) is 56.5 Å². The van der Waals surface area contributed by atoms with Crippen LogP contribution < -0.4 is 0 Å². The van der Waals surface area contributed by atoms with Crippen molar-refractivity contribution in [3.05, 3.63) is 188 Å². The number of fused-ring (bicyclic) bond motifs is 5. The van der Waals surface area contributed by atoms with E-state index in [1.165, 1.54) is 38.2 Å². The fraction of sp³-hybridized carbons (Fsp3) is 0. The first-order chi connectivity index (χ1) is 26.3. The average molecular weight is 678 g/mol. The first kappa shape index (κ1) is 30.6. The van der Waals surface area contributed by atoms with Crippen LogP contribution in [0.15, 0.2) is 188 Å². The molecule has 0 saturated carbocycles. The zero-order valence-electron chi connectivity index (χ0n) is 28.6. The molecule has 0 N–H and O–H groups in total. The number of hydrogen-bond acceptors (Lipinski definition) is 4. The molecule has 0 radical (unpaired) electrons. The molecule has 5 nitrogen and oxygen atoms in total. The summed E-state index contributed by atoms with van der Waals surface area (Å²) >= 11 is 0. The molecule has 5 heteroatoms. The van der Waals surface area contributed by atoms with Gasteiger partial charge in [0.1, 0.15) is 5.69 Å². The van der Waals surface area contributed by atoms with Crippen molar-refractivity contribution in [3.8, 4) is 62.2 Å². The minimum Gasteiger partial charge on any atom is -0.308 e. The van der Waals surface area contributed by atoms with Gasteiger partial charge in [0.15, 0.2) is 17.5 Å². The summed E-state index contributed by atoms with van der Waals surface area (Å²) in [6, 6.07) is 63.3. The zero-order chi connectivity index (χ0) is 35.1. The quantitative estimate of drug-likeness (QED) is 0.176. The lowest BCUT2D eigenvalue weighted by Gasteiger charge is -2.13. The summed E-state index contributed by atoms with van der Waals surface area (Å²) in [5.74, 6) is 1.74. The normalized spacial score (nSPS) is 11.4. The number of pyridine rings is 1. The molecule has 3 aromatic heterocycles. The Hall–Kier alpha value is -7.24. The van der Waals surface area contributed by atoms with E-state index in [-0.39, 0.29) is 0 Å². The van der Waals surface area contributed by atoms with Crippen LogP contribution in [-0.2, 0) is 0 Å².